The van der Waals surface area contributed by atoms with Crippen molar-refractivity contribution in [2.75, 3.05) is 32.2 Å². The van der Waals surface area contributed by atoms with Crippen molar-refractivity contribution in [2.45, 2.75) is 13.0 Å². The van der Waals surface area contributed by atoms with Crippen LogP contribution in [-0.2, 0) is 0 Å². The van der Waals surface area contributed by atoms with E-state index in [1.807, 2.05) is 38.4 Å². The lowest BCUT2D eigenvalue weighted by atomic mass is 10.2. The van der Waals surface area contributed by atoms with Crippen LogP contribution < -0.4 is 20.9 Å². The first kappa shape index (κ1) is 16.0. The molecule has 0 radical (unpaired) electrons. The number of nitrogen functional groups attached to an aromatic ring is 2. The summed E-state index contributed by atoms with van der Waals surface area (Å²) < 4.78 is 11.7. The summed E-state index contributed by atoms with van der Waals surface area (Å²) in [5.74, 6) is 1.98. The third-order valence-corrected chi connectivity index (χ3v) is 3.50. The normalized spacial score (nSPS) is 12.2. The molecule has 0 amide bonds. The summed E-state index contributed by atoms with van der Waals surface area (Å²) in [7, 11) is 4.04. The maximum atomic E-state index is 5.86. The second-order valence-electron chi connectivity index (χ2n) is 5.46. The van der Waals surface area contributed by atoms with Crippen LogP contribution in [0.3, 0.4) is 0 Å². The van der Waals surface area contributed by atoms with Crippen molar-refractivity contribution in [1.29, 1.82) is 0 Å². The Morgan fingerprint density at radius 2 is 1.68 bits per heavy atom. The fourth-order valence-electron chi connectivity index (χ4n) is 1.76. The van der Waals surface area contributed by atoms with Crippen molar-refractivity contribution in [3.05, 3.63) is 42.5 Å². The second kappa shape index (κ2) is 7.04. The minimum Gasteiger partial charge on any atom is -0.488 e. The van der Waals surface area contributed by atoms with Gasteiger partial charge in [-0.25, -0.2) is 0 Å². The lowest BCUT2D eigenvalue weighted by Crippen LogP contribution is -2.30. The predicted octanol–water partition coefficient (Wildman–Crippen LogP) is 2.97. The summed E-state index contributed by atoms with van der Waals surface area (Å²) in [5.41, 5.74) is 12.5. The first-order valence-electron chi connectivity index (χ1n) is 7.18. The van der Waals surface area contributed by atoms with Crippen LogP contribution in [0.1, 0.15) is 6.92 Å². The van der Waals surface area contributed by atoms with Gasteiger partial charge in [-0.2, -0.15) is 0 Å². The summed E-state index contributed by atoms with van der Waals surface area (Å²) in [6.45, 7) is 2.68. The molecule has 0 aliphatic rings. The SMILES string of the molecule is CC(COc1ccccc1Oc1ccc(N)c(N)c1)N(C)C. The highest BCUT2D eigenvalue weighted by Crippen LogP contribution is 2.33. The number of para-hydroxylation sites is 2. The molecule has 4 N–H and O–H groups in total. The lowest BCUT2D eigenvalue weighted by Gasteiger charge is -2.21. The molecule has 118 valence electrons. The minimum atomic E-state index is 0.306. The van der Waals surface area contributed by atoms with Gasteiger partial charge in [-0.05, 0) is 45.3 Å². The number of anilines is 2. The van der Waals surface area contributed by atoms with Crippen molar-refractivity contribution < 1.29 is 9.47 Å². The molecule has 0 aliphatic heterocycles. The van der Waals surface area contributed by atoms with Crippen LogP contribution in [0.25, 0.3) is 0 Å². The predicted molar refractivity (Wildman–Crippen MR) is 90.4 cm³/mol. The van der Waals surface area contributed by atoms with E-state index in [0.717, 1.165) is 0 Å². The quantitative estimate of drug-likeness (QED) is 0.802. The van der Waals surface area contributed by atoms with Gasteiger partial charge < -0.3 is 25.8 Å². The van der Waals surface area contributed by atoms with Crippen molar-refractivity contribution in [2.24, 2.45) is 0 Å². The van der Waals surface area contributed by atoms with Crippen LogP contribution in [0, 0.1) is 0 Å². The average molecular weight is 301 g/mol. The van der Waals surface area contributed by atoms with Gasteiger partial charge in [0.1, 0.15) is 12.4 Å². The Hall–Kier alpha value is -2.40. The molecule has 0 saturated carbocycles. The van der Waals surface area contributed by atoms with Crippen LogP contribution in [0.4, 0.5) is 11.4 Å². The average Bonchev–Trinajstić information content (AvgIpc) is 2.49. The van der Waals surface area contributed by atoms with Gasteiger partial charge in [-0.3, -0.25) is 0 Å². The number of hydrogen-bond acceptors (Lipinski definition) is 5. The number of ether oxygens (including phenoxy) is 2. The number of nitrogens with two attached hydrogens (primary N) is 2. The molecule has 5 heteroatoms. The molecular weight excluding hydrogens is 278 g/mol. The molecule has 2 rings (SSSR count). The van der Waals surface area contributed by atoms with Gasteiger partial charge in [0, 0.05) is 12.1 Å². The van der Waals surface area contributed by atoms with E-state index in [-0.39, 0.29) is 0 Å². The number of likely N-dealkylation sites (N-methyl/N-ethyl adjacent to an activating group) is 1. The Morgan fingerprint density at radius 1 is 1.00 bits per heavy atom. The zero-order valence-corrected chi connectivity index (χ0v) is 13.2. The molecule has 0 heterocycles. The highest BCUT2D eigenvalue weighted by molar-refractivity contribution is 5.65. The molecule has 22 heavy (non-hydrogen) atoms. The minimum absolute atomic E-state index is 0.306. The molecule has 0 bridgehead atoms. The van der Waals surface area contributed by atoms with Gasteiger partial charge in [-0.15, -0.1) is 0 Å². The van der Waals surface area contributed by atoms with Gasteiger partial charge in [0.2, 0.25) is 0 Å². The van der Waals surface area contributed by atoms with Crippen molar-refractivity contribution in [1.82, 2.24) is 4.90 Å². The Morgan fingerprint density at radius 3 is 2.32 bits per heavy atom. The largest absolute Gasteiger partial charge is 0.488 e. The van der Waals surface area contributed by atoms with E-state index in [1.165, 1.54) is 0 Å². The fourth-order valence-corrected chi connectivity index (χ4v) is 1.76. The van der Waals surface area contributed by atoms with Crippen molar-refractivity contribution in [3.8, 4) is 17.2 Å². The van der Waals surface area contributed by atoms with Gasteiger partial charge in [-0.1, -0.05) is 12.1 Å². The van der Waals surface area contributed by atoms with Crippen LogP contribution in [0.5, 0.6) is 17.2 Å². The summed E-state index contributed by atoms with van der Waals surface area (Å²) in [4.78, 5) is 2.10. The van der Waals surface area contributed by atoms with E-state index >= 15 is 0 Å². The van der Waals surface area contributed by atoms with E-state index in [4.69, 9.17) is 20.9 Å². The first-order chi connectivity index (χ1) is 10.5. The molecular formula is C17H23N3O2. The number of nitrogens with zero attached hydrogens (tertiary/aromatic N) is 1. The van der Waals surface area contributed by atoms with E-state index in [2.05, 4.69) is 11.8 Å². The van der Waals surface area contributed by atoms with Crippen LogP contribution in [0.15, 0.2) is 42.5 Å². The topological polar surface area (TPSA) is 73.7 Å². The molecule has 1 unspecified atom stereocenters. The van der Waals surface area contributed by atoms with Gasteiger partial charge in [0.05, 0.1) is 11.4 Å². The highest BCUT2D eigenvalue weighted by Gasteiger charge is 2.10. The summed E-state index contributed by atoms with van der Waals surface area (Å²) >= 11 is 0. The molecule has 2 aromatic rings. The summed E-state index contributed by atoms with van der Waals surface area (Å²) in [5, 5.41) is 0. The molecule has 0 aromatic heterocycles. The summed E-state index contributed by atoms with van der Waals surface area (Å²) in [6, 6.07) is 13.1. The lowest BCUT2D eigenvalue weighted by molar-refractivity contribution is 0.194. The van der Waals surface area contributed by atoms with Crippen molar-refractivity contribution >= 4 is 11.4 Å². The van der Waals surface area contributed by atoms with Crippen LogP contribution >= 0.6 is 0 Å². The number of benzene rings is 2. The highest BCUT2D eigenvalue weighted by atomic mass is 16.5. The fraction of sp³-hybridized carbons (Fsp3) is 0.294. The molecule has 0 aliphatic carbocycles. The van der Waals surface area contributed by atoms with Crippen LogP contribution in [0.2, 0.25) is 0 Å². The Kier molecular flexibility index (Phi) is 5.12. The van der Waals surface area contributed by atoms with E-state index in [0.29, 0.717) is 41.3 Å². The molecule has 0 saturated heterocycles. The zero-order valence-electron chi connectivity index (χ0n) is 13.2. The number of rotatable bonds is 6. The van der Waals surface area contributed by atoms with Gasteiger partial charge in [0.25, 0.3) is 0 Å². The third kappa shape index (κ3) is 4.05. The van der Waals surface area contributed by atoms with E-state index < -0.39 is 0 Å². The standard InChI is InChI=1S/C17H23N3O2/c1-12(20(2)3)11-21-16-6-4-5-7-17(16)22-13-8-9-14(18)15(19)10-13/h4-10,12H,11,18-19H2,1-3H3. The van der Waals surface area contributed by atoms with E-state index in [1.54, 1.807) is 18.2 Å². The van der Waals surface area contributed by atoms with Gasteiger partial charge in [0.15, 0.2) is 11.5 Å². The zero-order chi connectivity index (χ0) is 16.1. The second-order valence-corrected chi connectivity index (χ2v) is 5.46. The molecule has 0 fully saturated rings. The monoisotopic (exact) mass is 301 g/mol. The van der Waals surface area contributed by atoms with Gasteiger partial charge >= 0.3 is 0 Å². The molecule has 0 spiro atoms. The Bertz CT molecular complexity index is 629. The molecule has 5 nitrogen and oxygen atoms in total. The first-order valence-corrected chi connectivity index (χ1v) is 7.18. The third-order valence-electron chi connectivity index (χ3n) is 3.50. The number of hydrogen-bond donors (Lipinski definition) is 2. The molecule has 1 atom stereocenters. The van der Waals surface area contributed by atoms with E-state index in [9.17, 15) is 0 Å². The smallest absolute Gasteiger partial charge is 0.169 e. The van der Waals surface area contributed by atoms with Crippen molar-refractivity contribution in [3.63, 3.8) is 0 Å². The van der Waals surface area contributed by atoms with Crippen LogP contribution in [-0.4, -0.2) is 31.6 Å². The maximum absolute atomic E-state index is 5.86. The molecule has 2 aromatic carbocycles. The Labute approximate surface area is 131 Å². The Balaban J connectivity index is 2.12. The summed E-state index contributed by atoms with van der Waals surface area (Å²) in [6.07, 6.45) is 0. The maximum Gasteiger partial charge on any atom is 0.169 e.